The molecule has 0 aromatic heterocycles. The highest BCUT2D eigenvalue weighted by Crippen LogP contribution is 2.48. The van der Waals surface area contributed by atoms with Crippen LogP contribution in [0, 0.1) is 5.92 Å². The highest BCUT2D eigenvalue weighted by Gasteiger charge is 2.54. The average Bonchev–Trinajstić information content (AvgIpc) is 2.59. The number of aliphatic hydroxyl groups excluding tert-OH is 1. The van der Waals surface area contributed by atoms with Gasteiger partial charge in [0.05, 0.1) is 12.7 Å². The molecule has 4 atom stereocenters. The number of hydrogen-bond acceptors (Lipinski definition) is 3. The quantitative estimate of drug-likeness (QED) is 0.642. The standard InChI is InChI=1S/C23H39NO2/c1-6-15-22(4)18-21(25)20(8-3)23(5,16-7-2)24(22)26-17-14-19-12-10-9-11-13-19/h9-13,20-21,25H,6-8,14-18H2,1-5H3. The fraction of sp³-hybridized carbons (Fsp3) is 0.739. The summed E-state index contributed by atoms with van der Waals surface area (Å²) in [4.78, 5) is 6.53. The normalized spacial score (nSPS) is 32.7. The Hall–Kier alpha value is -0.900. The molecule has 1 fully saturated rings. The summed E-state index contributed by atoms with van der Waals surface area (Å²) in [5, 5.41) is 13.2. The summed E-state index contributed by atoms with van der Waals surface area (Å²) in [5.41, 5.74) is 1.08. The van der Waals surface area contributed by atoms with Crippen LogP contribution in [0.5, 0.6) is 0 Å². The van der Waals surface area contributed by atoms with E-state index < -0.39 is 0 Å². The largest absolute Gasteiger partial charge is 0.393 e. The van der Waals surface area contributed by atoms with Crippen LogP contribution in [0.25, 0.3) is 0 Å². The zero-order valence-electron chi connectivity index (χ0n) is 17.5. The van der Waals surface area contributed by atoms with Crippen molar-refractivity contribution in [2.24, 2.45) is 5.92 Å². The lowest BCUT2D eigenvalue weighted by atomic mass is 9.67. The number of aliphatic hydroxyl groups is 1. The smallest absolute Gasteiger partial charge is 0.0725 e. The fourth-order valence-corrected chi connectivity index (χ4v) is 5.31. The Morgan fingerprint density at radius 3 is 2.31 bits per heavy atom. The topological polar surface area (TPSA) is 32.7 Å². The lowest BCUT2D eigenvalue weighted by molar-refractivity contribution is -0.320. The second-order valence-electron chi connectivity index (χ2n) is 8.50. The first-order valence-corrected chi connectivity index (χ1v) is 10.6. The van der Waals surface area contributed by atoms with E-state index in [1.54, 1.807) is 0 Å². The molecular weight excluding hydrogens is 322 g/mol. The third-order valence-corrected chi connectivity index (χ3v) is 6.30. The number of hydrogen-bond donors (Lipinski definition) is 1. The van der Waals surface area contributed by atoms with Crippen molar-refractivity contribution in [1.29, 1.82) is 0 Å². The van der Waals surface area contributed by atoms with Crippen LogP contribution in [0.1, 0.15) is 78.7 Å². The van der Waals surface area contributed by atoms with Gasteiger partial charge in [0.2, 0.25) is 0 Å². The second-order valence-corrected chi connectivity index (χ2v) is 8.50. The van der Waals surface area contributed by atoms with Crippen molar-refractivity contribution >= 4 is 0 Å². The molecule has 1 N–H and O–H groups in total. The molecule has 3 nitrogen and oxygen atoms in total. The Kier molecular flexibility index (Phi) is 7.69. The molecule has 0 spiro atoms. The van der Waals surface area contributed by atoms with Gasteiger partial charge in [0, 0.05) is 17.0 Å². The van der Waals surface area contributed by atoms with E-state index in [0.29, 0.717) is 6.61 Å². The summed E-state index contributed by atoms with van der Waals surface area (Å²) < 4.78 is 0. The minimum Gasteiger partial charge on any atom is -0.393 e. The first-order chi connectivity index (χ1) is 12.4. The molecule has 1 aliphatic heterocycles. The molecule has 1 aromatic rings. The molecule has 2 rings (SSSR count). The summed E-state index contributed by atoms with van der Waals surface area (Å²) in [6.45, 7) is 11.9. The highest BCUT2D eigenvalue weighted by atomic mass is 16.7. The maximum atomic E-state index is 10.9. The van der Waals surface area contributed by atoms with Crippen molar-refractivity contribution in [2.45, 2.75) is 96.7 Å². The van der Waals surface area contributed by atoms with E-state index in [0.717, 1.165) is 44.9 Å². The van der Waals surface area contributed by atoms with Crippen molar-refractivity contribution in [2.75, 3.05) is 6.61 Å². The molecule has 0 radical (unpaired) electrons. The third kappa shape index (κ3) is 4.49. The third-order valence-electron chi connectivity index (χ3n) is 6.30. The molecule has 0 aliphatic carbocycles. The Labute approximate surface area is 160 Å². The molecule has 0 bridgehead atoms. The van der Waals surface area contributed by atoms with Crippen molar-refractivity contribution in [1.82, 2.24) is 5.06 Å². The lowest BCUT2D eigenvalue weighted by Crippen LogP contribution is -2.68. The van der Waals surface area contributed by atoms with Crippen LogP contribution in [0.2, 0.25) is 0 Å². The van der Waals surface area contributed by atoms with Gasteiger partial charge in [-0.3, -0.25) is 4.84 Å². The van der Waals surface area contributed by atoms with Crippen LogP contribution in [0.4, 0.5) is 0 Å². The van der Waals surface area contributed by atoms with Crippen LogP contribution in [0.15, 0.2) is 30.3 Å². The van der Waals surface area contributed by atoms with Gasteiger partial charge >= 0.3 is 0 Å². The summed E-state index contributed by atoms with van der Waals surface area (Å²) in [6.07, 6.45) is 6.74. The predicted molar refractivity (Wildman–Crippen MR) is 109 cm³/mol. The van der Waals surface area contributed by atoms with Gasteiger partial charge in [-0.15, -0.1) is 0 Å². The summed E-state index contributed by atoms with van der Waals surface area (Å²) >= 11 is 0. The number of benzene rings is 1. The summed E-state index contributed by atoms with van der Waals surface area (Å²) in [7, 11) is 0. The van der Waals surface area contributed by atoms with Crippen LogP contribution < -0.4 is 0 Å². The molecule has 0 amide bonds. The molecule has 1 heterocycles. The predicted octanol–water partition coefficient (Wildman–Crippen LogP) is 5.37. The van der Waals surface area contributed by atoms with Gasteiger partial charge in [0.15, 0.2) is 0 Å². The van der Waals surface area contributed by atoms with Gasteiger partial charge in [-0.2, -0.15) is 5.06 Å². The van der Waals surface area contributed by atoms with Crippen molar-refractivity contribution in [3.63, 3.8) is 0 Å². The molecule has 148 valence electrons. The number of rotatable bonds is 9. The Balaban J connectivity index is 2.23. The molecule has 3 heteroatoms. The van der Waals surface area contributed by atoms with E-state index in [9.17, 15) is 5.11 Å². The van der Waals surface area contributed by atoms with E-state index in [1.165, 1.54) is 5.56 Å². The summed E-state index contributed by atoms with van der Waals surface area (Å²) in [5.74, 6) is 0.254. The maximum Gasteiger partial charge on any atom is 0.0725 e. The molecule has 1 aromatic carbocycles. The van der Waals surface area contributed by atoms with Crippen LogP contribution in [-0.2, 0) is 11.3 Å². The van der Waals surface area contributed by atoms with E-state index in [-0.39, 0.29) is 23.1 Å². The van der Waals surface area contributed by atoms with Crippen molar-refractivity contribution in [3.8, 4) is 0 Å². The van der Waals surface area contributed by atoms with Gasteiger partial charge < -0.3 is 5.11 Å². The van der Waals surface area contributed by atoms with Crippen molar-refractivity contribution in [3.05, 3.63) is 35.9 Å². The van der Waals surface area contributed by atoms with Gasteiger partial charge in [-0.1, -0.05) is 63.9 Å². The van der Waals surface area contributed by atoms with Gasteiger partial charge in [-0.05, 0) is 51.5 Å². The van der Waals surface area contributed by atoms with Crippen LogP contribution >= 0.6 is 0 Å². The molecule has 26 heavy (non-hydrogen) atoms. The van der Waals surface area contributed by atoms with E-state index >= 15 is 0 Å². The number of hydroxylamine groups is 2. The minimum absolute atomic E-state index is 0.111. The van der Waals surface area contributed by atoms with E-state index in [2.05, 4.69) is 70.0 Å². The van der Waals surface area contributed by atoms with Gasteiger partial charge in [0.1, 0.15) is 0 Å². The Morgan fingerprint density at radius 2 is 1.73 bits per heavy atom. The van der Waals surface area contributed by atoms with Crippen LogP contribution in [0.3, 0.4) is 0 Å². The minimum atomic E-state index is -0.248. The molecule has 0 saturated carbocycles. The SMILES string of the molecule is CCCC1(C)CC(O)C(CC)C(C)(CCC)N1OCCc1ccccc1. The van der Waals surface area contributed by atoms with Gasteiger partial charge in [-0.25, -0.2) is 0 Å². The Bertz CT molecular complexity index is 534. The zero-order valence-corrected chi connectivity index (χ0v) is 17.5. The first kappa shape index (κ1) is 21.4. The average molecular weight is 362 g/mol. The molecule has 1 saturated heterocycles. The lowest BCUT2D eigenvalue weighted by Gasteiger charge is -2.59. The number of nitrogens with zero attached hydrogens (tertiary/aromatic N) is 1. The van der Waals surface area contributed by atoms with E-state index in [4.69, 9.17) is 4.84 Å². The summed E-state index contributed by atoms with van der Waals surface area (Å²) in [6, 6.07) is 10.5. The van der Waals surface area contributed by atoms with Crippen LogP contribution in [-0.4, -0.2) is 34.0 Å². The first-order valence-electron chi connectivity index (χ1n) is 10.6. The monoisotopic (exact) mass is 361 g/mol. The second kappa shape index (κ2) is 9.34. The molecule has 4 unspecified atom stereocenters. The highest BCUT2D eigenvalue weighted by molar-refractivity contribution is 5.14. The van der Waals surface area contributed by atoms with E-state index in [1.807, 2.05) is 0 Å². The fourth-order valence-electron chi connectivity index (χ4n) is 5.31. The van der Waals surface area contributed by atoms with Crippen molar-refractivity contribution < 1.29 is 9.94 Å². The maximum absolute atomic E-state index is 10.9. The molecule has 1 aliphatic rings. The zero-order chi connectivity index (χ0) is 19.2. The Morgan fingerprint density at radius 1 is 1.08 bits per heavy atom. The molecular formula is C23H39NO2. The number of piperidine rings is 1. The van der Waals surface area contributed by atoms with Gasteiger partial charge in [0.25, 0.3) is 0 Å².